The lowest BCUT2D eigenvalue weighted by atomic mass is 10.2. The number of hydrogen-bond acceptors (Lipinski definition) is 6. The summed E-state index contributed by atoms with van der Waals surface area (Å²) in [5.41, 5.74) is 1.90. The van der Waals surface area contributed by atoms with Crippen molar-refractivity contribution in [2.45, 2.75) is 38.1 Å². The van der Waals surface area contributed by atoms with E-state index in [1.54, 1.807) is 6.33 Å². The van der Waals surface area contributed by atoms with Crippen LogP contribution in [0.2, 0.25) is 0 Å². The molecule has 1 saturated carbocycles. The van der Waals surface area contributed by atoms with Crippen molar-refractivity contribution >= 4 is 22.9 Å². The number of carbonyl (C=O) groups excluding carboxylic acids is 1. The molecule has 2 aromatic heterocycles. The lowest BCUT2D eigenvalue weighted by Gasteiger charge is -2.25. The predicted octanol–water partition coefficient (Wildman–Crippen LogP) is 2.60. The van der Waals surface area contributed by atoms with E-state index in [2.05, 4.69) is 20.0 Å². The van der Waals surface area contributed by atoms with E-state index in [-0.39, 0.29) is 11.9 Å². The Kier molecular flexibility index (Phi) is 4.26. The molecule has 0 N–H and O–H groups in total. The van der Waals surface area contributed by atoms with Gasteiger partial charge < -0.3 is 18.9 Å². The van der Waals surface area contributed by atoms with Gasteiger partial charge in [-0.3, -0.25) is 4.79 Å². The van der Waals surface area contributed by atoms with Gasteiger partial charge in [-0.05, 0) is 43.5 Å². The Morgan fingerprint density at radius 1 is 1.18 bits per heavy atom. The molecule has 1 aliphatic carbocycles. The van der Waals surface area contributed by atoms with Gasteiger partial charge in [-0.2, -0.15) is 4.98 Å². The van der Waals surface area contributed by atoms with Gasteiger partial charge in [0.1, 0.15) is 6.04 Å². The van der Waals surface area contributed by atoms with Gasteiger partial charge in [-0.15, -0.1) is 0 Å². The highest BCUT2D eigenvalue weighted by molar-refractivity contribution is 5.83. The van der Waals surface area contributed by atoms with Crippen molar-refractivity contribution in [3.8, 4) is 0 Å². The number of carbonyl (C=O) groups is 1. The van der Waals surface area contributed by atoms with Crippen molar-refractivity contribution in [1.82, 2.24) is 24.6 Å². The van der Waals surface area contributed by atoms with Gasteiger partial charge in [-0.25, -0.2) is 4.98 Å². The van der Waals surface area contributed by atoms with E-state index in [0.717, 1.165) is 49.3 Å². The van der Waals surface area contributed by atoms with Crippen molar-refractivity contribution in [2.24, 2.45) is 0 Å². The third-order valence-electron chi connectivity index (χ3n) is 5.70. The molecule has 3 heterocycles. The molecule has 0 spiro atoms. The molecule has 0 bridgehead atoms. The summed E-state index contributed by atoms with van der Waals surface area (Å²) >= 11 is 0. The first-order valence-corrected chi connectivity index (χ1v) is 9.99. The van der Waals surface area contributed by atoms with Crippen LogP contribution in [0.5, 0.6) is 0 Å². The third-order valence-corrected chi connectivity index (χ3v) is 5.70. The molecule has 1 unspecified atom stereocenters. The smallest absolute Gasteiger partial charge is 0.266 e. The van der Waals surface area contributed by atoms with Crippen molar-refractivity contribution in [1.29, 1.82) is 0 Å². The van der Waals surface area contributed by atoms with Crippen molar-refractivity contribution in [3.63, 3.8) is 0 Å². The number of imidazole rings is 1. The Morgan fingerprint density at radius 3 is 2.89 bits per heavy atom. The average molecular weight is 380 g/mol. The molecule has 1 amide bonds. The van der Waals surface area contributed by atoms with Crippen LogP contribution in [-0.2, 0) is 4.79 Å². The molecule has 28 heavy (non-hydrogen) atoms. The van der Waals surface area contributed by atoms with Gasteiger partial charge in [0.2, 0.25) is 11.8 Å². The van der Waals surface area contributed by atoms with Crippen LogP contribution in [-0.4, -0.2) is 56.7 Å². The molecule has 5 rings (SSSR count). The van der Waals surface area contributed by atoms with Crippen LogP contribution < -0.4 is 4.90 Å². The second kappa shape index (κ2) is 6.92. The van der Waals surface area contributed by atoms with Crippen LogP contribution in [0, 0.1) is 0 Å². The zero-order valence-corrected chi connectivity index (χ0v) is 16.0. The minimum atomic E-state index is -0.286. The largest absolute Gasteiger partial charge is 0.339 e. The number of nitrogens with zero attached hydrogens (tertiary/aromatic N) is 6. The summed E-state index contributed by atoms with van der Waals surface area (Å²) in [6.07, 6.45) is 4.93. The van der Waals surface area contributed by atoms with Crippen LogP contribution >= 0.6 is 0 Å². The van der Waals surface area contributed by atoms with E-state index in [1.165, 1.54) is 0 Å². The van der Waals surface area contributed by atoms with E-state index in [9.17, 15) is 4.79 Å². The number of rotatable bonds is 4. The highest BCUT2D eigenvalue weighted by Crippen LogP contribution is 2.39. The van der Waals surface area contributed by atoms with Gasteiger partial charge in [0.15, 0.2) is 0 Å². The van der Waals surface area contributed by atoms with Crippen molar-refractivity contribution < 1.29 is 9.32 Å². The number of fused-ring (bicyclic) bond motifs is 1. The van der Waals surface area contributed by atoms with Crippen LogP contribution in [0.3, 0.4) is 0 Å². The molecule has 2 aliphatic rings. The Hall–Kier alpha value is -2.90. The fourth-order valence-electron chi connectivity index (χ4n) is 3.86. The predicted molar refractivity (Wildman–Crippen MR) is 104 cm³/mol. The van der Waals surface area contributed by atoms with Crippen LogP contribution in [0.15, 0.2) is 35.1 Å². The van der Waals surface area contributed by atoms with Gasteiger partial charge in [0, 0.05) is 32.1 Å². The summed E-state index contributed by atoms with van der Waals surface area (Å²) < 4.78 is 7.35. The minimum absolute atomic E-state index is 0.122. The topological polar surface area (TPSA) is 80.3 Å². The molecule has 1 aromatic carbocycles. The molecule has 8 nitrogen and oxygen atoms in total. The second-order valence-electron chi connectivity index (χ2n) is 7.69. The maximum absolute atomic E-state index is 13.1. The zero-order valence-electron chi connectivity index (χ0n) is 16.0. The number of amides is 1. The Bertz CT molecular complexity index is 991. The molecule has 0 radical (unpaired) electrons. The Labute approximate surface area is 163 Å². The van der Waals surface area contributed by atoms with E-state index < -0.39 is 0 Å². The summed E-state index contributed by atoms with van der Waals surface area (Å²) in [4.78, 5) is 26.2. The molecular formula is C20H24N6O2. The van der Waals surface area contributed by atoms with Gasteiger partial charge in [0.25, 0.3) is 5.95 Å². The van der Waals surface area contributed by atoms with Crippen LogP contribution in [0.1, 0.15) is 44.0 Å². The molecule has 2 fully saturated rings. The van der Waals surface area contributed by atoms with Gasteiger partial charge in [-0.1, -0.05) is 12.1 Å². The van der Waals surface area contributed by atoms with E-state index in [0.29, 0.717) is 25.0 Å². The van der Waals surface area contributed by atoms with E-state index >= 15 is 0 Å². The maximum atomic E-state index is 13.1. The summed E-state index contributed by atoms with van der Waals surface area (Å²) in [6.45, 7) is 4.88. The fraction of sp³-hybridized carbons (Fsp3) is 0.500. The molecule has 1 saturated heterocycles. The molecule has 146 valence electrons. The number of anilines is 1. The van der Waals surface area contributed by atoms with Gasteiger partial charge in [0.05, 0.1) is 17.4 Å². The third kappa shape index (κ3) is 3.12. The van der Waals surface area contributed by atoms with Crippen molar-refractivity contribution in [2.75, 3.05) is 31.1 Å². The first-order chi connectivity index (χ1) is 13.7. The normalized spacial score (nSPS) is 19.0. The Balaban J connectivity index is 1.27. The number of benzene rings is 1. The average Bonchev–Trinajstić information content (AvgIpc) is 3.38. The zero-order chi connectivity index (χ0) is 19.1. The Morgan fingerprint density at radius 2 is 2.04 bits per heavy atom. The van der Waals surface area contributed by atoms with Crippen molar-refractivity contribution in [3.05, 3.63) is 36.5 Å². The monoisotopic (exact) mass is 380 g/mol. The summed E-state index contributed by atoms with van der Waals surface area (Å²) in [5.74, 6) is 1.99. The summed E-state index contributed by atoms with van der Waals surface area (Å²) in [5, 5.41) is 4.15. The molecule has 1 aliphatic heterocycles. The lowest BCUT2D eigenvalue weighted by Crippen LogP contribution is -2.39. The highest BCUT2D eigenvalue weighted by Gasteiger charge is 2.31. The lowest BCUT2D eigenvalue weighted by molar-refractivity contribution is -0.134. The molecule has 3 aromatic rings. The molecule has 1 atom stereocenters. The highest BCUT2D eigenvalue weighted by atomic mass is 16.5. The number of para-hydroxylation sites is 2. The molecule has 8 heteroatoms. The maximum Gasteiger partial charge on any atom is 0.266 e. The number of aromatic nitrogens is 4. The molecular weight excluding hydrogens is 356 g/mol. The summed E-state index contributed by atoms with van der Waals surface area (Å²) in [7, 11) is 0. The fourth-order valence-corrected chi connectivity index (χ4v) is 3.86. The second-order valence-corrected chi connectivity index (χ2v) is 7.69. The first kappa shape index (κ1) is 17.2. The van der Waals surface area contributed by atoms with Crippen LogP contribution in [0.4, 0.5) is 5.95 Å². The SMILES string of the molecule is CC(C(=O)N1CCCN(c2noc(C3CC3)n2)CC1)n1cnc2ccccc21. The van der Waals surface area contributed by atoms with E-state index in [1.807, 2.05) is 40.7 Å². The summed E-state index contributed by atoms with van der Waals surface area (Å²) in [6, 6.07) is 7.62. The minimum Gasteiger partial charge on any atom is -0.339 e. The number of hydrogen-bond donors (Lipinski definition) is 0. The van der Waals surface area contributed by atoms with Crippen LogP contribution in [0.25, 0.3) is 11.0 Å². The quantitative estimate of drug-likeness (QED) is 0.692. The van der Waals surface area contributed by atoms with E-state index in [4.69, 9.17) is 4.52 Å². The standard InChI is InChI=1S/C20H24N6O2/c1-14(26-13-21-16-5-2-3-6-17(16)26)19(27)24-9-4-10-25(12-11-24)20-22-18(28-23-20)15-7-8-15/h2-3,5-6,13-15H,4,7-12H2,1H3. The first-order valence-electron chi connectivity index (χ1n) is 9.99. The van der Waals surface area contributed by atoms with Gasteiger partial charge >= 0.3 is 0 Å².